The topological polar surface area (TPSA) is 69.1 Å². The van der Waals surface area contributed by atoms with Crippen LogP contribution in [-0.4, -0.2) is 11.4 Å². The highest BCUT2D eigenvalue weighted by atomic mass is 19.1. The van der Waals surface area contributed by atoms with Crippen molar-refractivity contribution >= 4 is 5.91 Å². The van der Waals surface area contributed by atoms with E-state index >= 15 is 0 Å². The maximum absolute atomic E-state index is 12.7. The van der Waals surface area contributed by atoms with E-state index in [0.29, 0.717) is 12.0 Å². The van der Waals surface area contributed by atoms with Crippen molar-refractivity contribution in [2.75, 3.05) is 0 Å². The number of nitrogens with two attached hydrogens (primary N) is 2. The molecule has 0 heterocycles. The number of hydrogen-bond donors (Lipinski definition) is 2. The molecule has 0 bridgehead atoms. The molecule has 88 valence electrons. The number of amides is 1. The smallest absolute Gasteiger partial charge is 0.225 e. The summed E-state index contributed by atoms with van der Waals surface area (Å²) >= 11 is 0. The number of hydrogen-bond acceptors (Lipinski definition) is 2. The fourth-order valence-corrected chi connectivity index (χ4v) is 1.60. The fourth-order valence-electron chi connectivity index (χ4n) is 1.60. The lowest BCUT2D eigenvalue weighted by atomic mass is 9.86. The third-order valence-electron chi connectivity index (χ3n) is 2.35. The van der Waals surface area contributed by atoms with Crippen molar-refractivity contribution in [2.45, 2.75) is 31.7 Å². The molecule has 0 aliphatic heterocycles. The van der Waals surface area contributed by atoms with Crippen LogP contribution >= 0.6 is 0 Å². The number of carbonyl (C=O) groups excluding carboxylic acids is 1. The normalized spacial score (nSPS) is 13.5. The van der Waals surface area contributed by atoms with Gasteiger partial charge in [0.25, 0.3) is 0 Å². The van der Waals surface area contributed by atoms with Crippen LogP contribution in [0.5, 0.6) is 0 Å². The monoisotopic (exact) mass is 224 g/mol. The lowest BCUT2D eigenvalue weighted by molar-refractivity contribution is -0.119. The number of rotatable bonds is 4. The molecule has 3 nitrogen and oxygen atoms in total. The van der Waals surface area contributed by atoms with Gasteiger partial charge < -0.3 is 11.5 Å². The minimum atomic E-state index is -0.492. The van der Waals surface area contributed by atoms with Crippen molar-refractivity contribution < 1.29 is 9.18 Å². The summed E-state index contributed by atoms with van der Waals surface area (Å²) in [5.74, 6) is -1.25. The van der Waals surface area contributed by atoms with Gasteiger partial charge >= 0.3 is 0 Å². The predicted octanol–water partition coefficient (Wildman–Crippen LogP) is 1.52. The molecular formula is C12H17FN2O. The minimum absolute atomic E-state index is 0.334. The zero-order valence-electron chi connectivity index (χ0n) is 9.53. The summed E-state index contributed by atoms with van der Waals surface area (Å²) in [5, 5.41) is 0. The molecule has 1 aromatic carbocycles. The van der Waals surface area contributed by atoms with E-state index in [9.17, 15) is 9.18 Å². The van der Waals surface area contributed by atoms with Crippen LogP contribution in [0.3, 0.4) is 0 Å². The van der Waals surface area contributed by atoms with Gasteiger partial charge in [0.05, 0.1) is 5.92 Å². The van der Waals surface area contributed by atoms with Gasteiger partial charge in [0.15, 0.2) is 0 Å². The molecule has 1 atom stereocenters. The molecule has 0 fully saturated rings. The summed E-state index contributed by atoms with van der Waals surface area (Å²) in [7, 11) is 0. The van der Waals surface area contributed by atoms with E-state index in [1.54, 1.807) is 12.1 Å². The van der Waals surface area contributed by atoms with E-state index in [0.717, 1.165) is 0 Å². The molecule has 1 rings (SSSR count). The van der Waals surface area contributed by atoms with Crippen molar-refractivity contribution in [3.63, 3.8) is 0 Å². The van der Waals surface area contributed by atoms with Crippen LogP contribution in [0.25, 0.3) is 0 Å². The fraction of sp³-hybridized carbons (Fsp3) is 0.417. The van der Waals surface area contributed by atoms with Crippen molar-refractivity contribution in [1.82, 2.24) is 0 Å². The molecular weight excluding hydrogens is 207 g/mol. The van der Waals surface area contributed by atoms with Gasteiger partial charge in [0.1, 0.15) is 5.82 Å². The van der Waals surface area contributed by atoms with Gasteiger partial charge in [-0.3, -0.25) is 4.79 Å². The largest absolute Gasteiger partial charge is 0.369 e. The van der Waals surface area contributed by atoms with Crippen LogP contribution in [0, 0.1) is 5.82 Å². The Balaban J connectivity index is 2.94. The molecule has 1 amide bonds. The second kappa shape index (κ2) is 4.61. The highest BCUT2D eigenvalue weighted by molar-refractivity contribution is 5.82. The molecule has 1 unspecified atom stereocenters. The molecule has 0 spiro atoms. The third kappa shape index (κ3) is 3.62. The van der Waals surface area contributed by atoms with Gasteiger partial charge in [0.2, 0.25) is 5.91 Å². The zero-order valence-corrected chi connectivity index (χ0v) is 9.53. The lowest BCUT2D eigenvalue weighted by Gasteiger charge is -2.24. The van der Waals surface area contributed by atoms with Crippen molar-refractivity contribution in [2.24, 2.45) is 11.5 Å². The maximum atomic E-state index is 12.7. The summed E-state index contributed by atoms with van der Waals surface area (Å²) in [6.07, 6.45) is 0.438. The Hall–Kier alpha value is -1.42. The van der Waals surface area contributed by atoms with Crippen molar-refractivity contribution in [3.8, 4) is 0 Å². The van der Waals surface area contributed by atoms with E-state index in [1.807, 2.05) is 13.8 Å². The second-order valence-corrected chi connectivity index (χ2v) is 4.70. The standard InChI is InChI=1S/C12H17FN2O/c1-12(2,15)7-10(11(14)16)8-3-5-9(13)6-4-8/h3-6,10H,7,15H2,1-2H3,(H2,14,16). The molecule has 1 aromatic rings. The summed E-state index contributed by atoms with van der Waals surface area (Å²) in [5.41, 5.74) is 11.4. The Kier molecular flexibility index (Phi) is 3.65. The zero-order chi connectivity index (χ0) is 12.3. The van der Waals surface area contributed by atoms with Gasteiger partial charge in [0, 0.05) is 5.54 Å². The first-order chi connectivity index (χ1) is 7.29. The molecule has 4 heteroatoms. The second-order valence-electron chi connectivity index (χ2n) is 4.70. The predicted molar refractivity (Wildman–Crippen MR) is 61.2 cm³/mol. The summed E-state index contributed by atoms with van der Waals surface area (Å²) in [6.45, 7) is 3.65. The van der Waals surface area contributed by atoms with Crippen LogP contribution < -0.4 is 11.5 Å². The van der Waals surface area contributed by atoms with E-state index in [4.69, 9.17) is 11.5 Å². The van der Waals surface area contributed by atoms with E-state index in [2.05, 4.69) is 0 Å². The molecule has 0 aliphatic rings. The van der Waals surface area contributed by atoms with E-state index in [1.165, 1.54) is 12.1 Å². The summed E-state index contributed by atoms with van der Waals surface area (Å²) in [4.78, 5) is 11.3. The Labute approximate surface area is 94.6 Å². The molecule has 0 radical (unpaired) electrons. The van der Waals surface area contributed by atoms with E-state index < -0.39 is 17.4 Å². The van der Waals surface area contributed by atoms with Crippen LogP contribution in [-0.2, 0) is 4.79 Å². The van der Waals surface area contributed by atoms with Crippen LogP contribution in [0.15, 0.2) is 24.3 Å². The number of benzene rings is 1. The first kappa shape index (κ1) is 12.6. The van der Waals surface area contributed by atoms with Gasteiger partial charge in [-0.05, 0) is 38.0 Å². The van der Waals surface area contributed by atoms with Crippen LogP contribution in [0.4, 0.5) is 4.39 Å². The summed E-state index contributed by atoms with van der Waals surface area (Å²) < 4.78 is 12.7. The molecule has 16 heavy (non-hydrogen) atoms. The third-order valence-corrected chi connectivity index (χ3v) is 2.35. The molecule has 0 aromatic heterocycles. The lowest BCUT2D eigenvalue weighted by Crippen LogP contribution is -2.37. The molecule has 0 saturated heterocycles. The van der Waals surface area contributed by atoms with Crippen LogP contribution in [0.2, 0.25) is 0 Å². The first-order valence-corrected chi connectivity index (χ1v) is 5.13. The first-order valence-electron chi connectivity index (χ1n) is 5.13. The average molecular weight is 224 g/mol. The van der Waals surface area contributed by atoms with Gasteiger partial charge in [-0.15, -0.1) is 0 Å². The highest BCUT2D eigenvalue weighted by Crippen LogP contribution is 2.24. The quantitative estimate of drug-likeness (QED) is 0.814. The summed E-state index contributed by atoms with van der Waals surface area (Å²) in [6, 6.07) is 5.76. The Morgan fingerprint density at radius 2 is 1.88 bits per heavy atom. The number of carbonyl (C=O) groups is 1. The van der Waals surface area contributed by atoms with Crippen molar-refractivity contribution in [1.29, 1.82) is 0 Å². The average Bonchev–Trinajstić information content (AvgIpc) is 2.14. The maximum Gasteiger partial charge on any atom is 0.225 e. The van der Waals surface area contributed by atoms with E-state index in [-0.39, 0.29) is 5.82 Å². The molecule has 0 saturated carbocycles. The highest BCUT2D eigenvalue weighted by Gasteiger charge is 2.24. The Morgan fingerprint density at radius 3 is 2.25 bits per heavy atom. The van der Waals surface area contributed by atoms with Gasteiger partial charge in [-0.1, -0.05) is 12.1 Å². The Bertz CT molecular complexity index is 368. The number of halogens is 1. The van der Waals surface area contributed by atoms with Gasteiger partial charge in [-0.2, -0.15) is 0 Å². The molecule has 0 aliphatic carbocycles. The van der Waals surface area contributed by atoms with Crippen LogP contribution in [0.1, 0.15) is 31.7 Å². The Morgan fingerprint density at radius 1 is 1.38 bits per heavy atom. The van der Waals surface area contributed by atoms with Crippen molar-refractivity contribution in [3.05, 3.63) is 35.6 Å². The SMILES string of the molecule is CC(C)(N)CC(C(N)=O)c1ccc(F)cc1. The number of primary amides is 1. The minimum Gasteiger partial charge on any atom is -0.369 e. The molecule has 4 N–H and O–H groups in total. The van der Waals surface area contributed by atoms with Gasteiger partial charge in [-0.25, -0.2) is 4.39 Å².